The molecule has 3 amide bonds. The van der Waals surface area contributed by atoms with E-state index >= 15 is 0 Å². The Hall–Kier alpha value is -4.51. The fraction of sp³-hybridized carbons (Fsp3) is 0.364. The number of likely N-dealkylation sites (tertiary alicyclic amines) is 1. The molecule has 0 aliphatic carbocycles. The van der Waals surface area contributed by atoms with E-state index in [0.29, 0.717) is 16.2 Å². The number of hydrogen-bond donors (Lipinski definition) is 4. The van der Waals surface area contributed by atoms with Crippen molar-refractivity contribution < 1.29 is 33.0 Å². The van der Waals surface area contributed by atoms with Gasteiger partial charge >= 0.3 is 0 Å². The van der Waals surface area contributed by atoms with Gasteiger partial charge < -0.3 is 30.7 Å². The SMILES string of the molecule is CNc1ccc(CNC(=O)[C@@H]2CC(F)(F)CN2C(=O)[C@@H](O)[C@H](Cc2ccccc2)NC(=O)COc2c(C)cccc2C)cc1. The van der Waals surface area contributed by atoms with Gasteiger partial charge in [0, 0.05) is 25.7 Å². The Kier molecular flexibility index (Phi) is 10.5. The number of para-hydroxylation sites is 1. The largest absolute Gasteiger partial charge is 0.483 e. The van der Waals surface area contributed by atoms with Crippen LogP contribution in [0, 0.1) is 13.8 Å². The number of hydrogen-bond acceptors (Lipinski definition) is 6. The fourth-order valence-corrected chi connectivity index (χ4v) is 5.24. The number of rotatable bonds is 12. The van der Waals surface area contributed by atoms with Crippen molar-refractivity contribution in [2.24, 2.45) is 0 Å². The summed E-state index contributed by atoms with van der Waals surface area (Å²) in [6.07, 6.45) is -2.75. The van der Waals surface area contributed by atoms with Gasteiger partial charge in [0.1, 0.15) is 11.8 Å². The number of carbonyl (C=O) groups excluding carboxylic acids is 3. The molecule has 0 saturated carbocycles. The molecule has 0 aromatic heterocycles. The molecule has 3 atom stereocenters. The van der Waals surface area contributed by atoms with Crippen LogP contribution in [-0.4, -0.2) is 72.0 Å². The number of nitrogens with one attached hydrogen (secondary N) is 3. The number of nitrogens with zero attached hydrogens (tertiary/aromatic N) is 1. The van der Waals surface area contributed by atoms with Crippen LogP contribution < -0.4 is 20.7 Å². The molecule has 234 valence electrons. The molecule has 0 spiro atoms. The van der Waals surface area contributed by atoms with Crippen LogP contribution in [-0.2, 0) is 27.3 Å². The van der Waals surface area contributed by atoms with Gasteiger partial charge in [-0.15, -0.1) is 0 Å². The molecule has 3 aromatic carbocycles. The van der Waals surface area contributed by atoms with Gasteiger partial charge in [0.05, 0.1) is 12.6 Å². The van der Waals surface area contributed by atoms with Gasteiger partial charge in [-0.25, -0.2) is 8.78 Å². The predicted molar refractivity (Wildman–Crippen MR) is 162 cm³/mol. The average Bonchev–Trinajstić information content (AvgIpc) is 3.34. The summed E-state index contributed by atoms with van der Waals surface area (Å²) in [5.41, 5.74) is 3.99. The zero-order valence-corrected chi connectivity index (χ0v) is 25.0. The van der Waals surface area contributed by atoms with Crippen LogP contribution in [0.2, 0.25) is 0 Å². The third-order valence-corrected chi connectivity index (χ3v) is 7.60. The third-order valence-electron chi connectivity index (χ3n) is 7.60. The zero-order valence-electron chi connectivity index (χ0n) is 25.0. The number of amides is 3. The quantitative estimate of drug-likeness (QED) is 0.250. The lowest BCUT2D eigenvalue weighted by Crippen LogP contribution is -2.56. The van der Waals surface area contributed by atoms with Crippen LogP contribution in [0.15, 0.2) is 72.8 Å². The highest BCUT2D eigenvalue weighted by atomic mass is 19.3. The number of aliphatic hydroxyl groups excluding tert-OH is 1. The molecular weight excluding hydrogens is 570 g/mol. The monoisotopic (exact) mass is 608 g/mol. The standard InChI is InChI=1S/C33H38F2N4O5/c1-21-8-7-9-22(2)30(21)44-19-28(40)38-26(16-23-10-5-4-6-11-23)29(41)32(43)39-20-33(34,35)17-27(39)31(42)37-18-24-12-14-25(36-3)15-13-24/h4-15,26-27,29,36,41H,16-20H2,1-3H3,(H,37,42)(H,38,40)/t26-,27-,29-/m0/s1. The second-order valence-corrected chi connectivity index (χ2v) is 11.0. The lowest BCUT2D eigenvalue weighted by atomic mass is 9.99. The van der Waals surface area contributed by atoms with Gasteiger partial charge in [0.15, 0.2) is 12.7 Å². The van der Waals surface area contributed by atoms with E-state index in [9.17, 15) is 28.3 Å². The van der Waals surface area contributed by atoms with E-state index < -0.39 is 54.8 Å². The molecule has 1 fully saturated rings. The molecule has 3 aromatic rings. The first kappa shape index (κ1) is 32.4. The summed E-state index contributed by atoms with van der Waals surface area (Å²) in [4.78, 5) is 40.3. The van der Waals surface area contributed by atoms with E-state index in [0.717, 1.165) is 22.4 Å². The fourth-order valence-electron chi connectivity index (χ4n) is 5.24. The Morgan fingerprint density at radius 3 is 2.27 bits per heavy atom. The second kappa shape index (κ2) is 14.3. The molecule has 1 saturated heterocycles. The maximum atomic E-state index is 14.6. The first-order chi connectivity index (χ1) is 21.0. The van der Waals surface area contributed by atoms with Crippen molar-refractivity contribution in [1.82, 2.24) is 15.5 Å². The van der Waals surface area contributed by atoms with Gasteiger partial charge in [0.25, 0.3) is 17.7 Å². The molecule has 1 aliphatic rings. The molecule has 0 radical (unpaired) electrons. The van der Waals surface area contributed by atoms with Gasteiger partial charge in [-0.05, 0) is 54.7 Å². The Labute approximate surface area is 255 Å². The van der Waals surface area contributed by atoms with E-state index in [1.807, 2.05) is 44.2 Å². The Morgan fingerprint density at radius 1 is 0.977 bits per heavy atom. The zero-order chi connectivity index (χ0) is 31.9. The summed E-state index contributed by atoms with van der Waals surface area (Å²) >= 11 is 0. The highest BCUT2D eigenvalue weighted by Crippen LogP contribution is 2.33. The third kappa shape index (κ3) is 8.31. The van der Waals surface area contributed by atoms with Crippen LogP contribution in [0.3, 0.4) is 0 Å². The molecule has 0 unspecified atom stereocenters. The number of alkyl halides is 2. The lowest BCUT2D eigenvalue weighted by Gasteiger charge is -2.30. The lowest BCUT2D eigenvalue weighted by molar-refractivity contribution is -0.147. The Bertz CT molecular complexity index is 1430. The molecule has 44 heavy (non-hydrogen) atoms. The number of halogens is 2. The summed E-state index contributed by atoms with van der Waals surface area (Å²) in [5, 5.41) is 19.5. The molecule has 4 rings (SSSR count). The van der Waals surface area contributed by atoms with Crippen molar-refractivity contribution in [1.29, 1.82) is 0 Å². The van der Waals surface area contributed by atoms with Crippen LogP contribution in [0.1, 0.15) is 28.7 Å². The maximum absolute atomic E-state index is 14.6. The molecule has 11 heteroatoms. The van der Waals surface area contributed by atoms with Crippen LogP contribution in [0.25, 0.3) is 0 Å². The summed E-state index contributed by atoms with van der Waals surface area (Å²) in [6, 6.07) is 18.9. The molecule has 1 heterocycles. The van der Waals surface area contributed by atoms with Crippen molar-refractivity contribution in [2.45, 2.75) is 57.3 Å². The van der Waals surface area contributed by atoms with E-state index in [-0.39, 0.29) is 19.6 Å². The maximum Gasteiger partial charge on any atom is 0.267 e. The van der Waals surface area contributed by atoms with Crippen molar-refractivity contribution in [3.8, 4) is 5.75 Å². The minimum atomic E-state index is -3.33. The van der Waals surface area contributed by atoms with E-state index in [2.05, 4.69) is 16.0 Å². The number of benzene rings is 3. The van der Waals surface area contributed by atoms with Crippen LogP contribution in [0.5, 0.6) is 5.75 Å². The van der Waals surface area contributed by atoms with Crippen LogP contribution >= 0.6 is 0 Å². The highest BCUT2D eigenvalue weighted by molar-refractivity contribution is 5.91. The van der Waals surface area contributed by atoms with E-state index in [4.69, 9.17) is 4.74 Å². The van der Waals surface area contributed by atoms with Crippen molar-refractivity contribution in [3.05, 3.63) is 95.1 Å². The van der Waals surface area contributed by atoms with Crippen molar-refractivity contribution in [3.63, 3.8) is 0 Å². The second-order valence-electron chi connectivity index (χ2n) is 11.0. The molecule has 1 aliphatic heterocycles. The summed E-state index contributed by atoms with van der Waals surface area (Å²) in [7, 11) is 1.77. The summed E-state index contributed by atoms with van der Waals surface area (Å²) < 4.78 is 35.0. The predicted octanol–water partition coefficient (Wildman–Crippen LogP) is 3.36. The van der Waals surface area contributed by atoms with Crippen molar-refractivity contribution in [2.75, 3.05) is 25.5 Å². The minimum absolute atomic E-state index is 0.0343. The van der Waals surface area contributed by atoms with Gasteiger partial charge in [-0.3, -0.25) is 14.4 Å². The molecule has 9 nitrogen and oxygen atoms in total. The summed E-state index contributed by atoms with van der Waals surface area (Å²) in [5.74, 6) is -5.22. The molecule has 4 N–H and O–H groups in total. The number of aliphatic hydroxyl groups is 1. The van der Waals surface area contributed by atoms with E-state index in [1.165, 1.54) is 0 Å². The number of ether oxygens (including phenoxy) is 1. The smallest absolute Gasteiger partial charge is 0.267 e. The Balaban J connectivity index is 1.47. The van der Waals surface area contributed by atoms with Crippen LogP contribution in [0.4, 0.5) is 14.5 Å². The minimum Gasteiger partial charge on any atom is -0.483 e. The molecule has 0 bridgehead atoms. The first-order valence-corrected chi connectivity index (χ1v) is 14.4. The number of aryl methyl sites for hydroxylation is 2. The van der Waals surface area contributed by atoms with Gasteiger partial charge in [-0.2, -0.15) is 0 Å². The number of anilines is 1. The van der Waals surface area contributed by atoms with E-state index in [1.54, 1.807) is 49.5 Å². The van der Waals surface area contributed by atoms with Gasteiger partial charge in [-0.1, -0.05) is 60.7 Å². The average molecular weight is 609 g/mol. The Morgan fingerprint density at radius 2 is 1.64 bits per heavy atom. The highest BCUT2D eigenvalue weighted by Gasteiger charge is 2.51. The summed E-state index contributed by atoms with van der Waals surface area (Å²) in [6.45, 7) is 2.35. The normalized spacial score (nSPS) is 17.0. The van der Waals surface area contributed by atoms with Gasteiger partial charge in [0.2, 0.25) is 5.91 Å². The topological polar surface area (TPSA) is 120 Å². The number of carbonyl (C=O) groups is 3. The molecular formula is C33H38F2N4O5. The van der Waals surface area contributed by atoms with Crippen molar-refractivity contribution >= 4 is 23.4 Å². The first-order valence-electron chi connectivity index (χ1n) is 14.4.